The second-order valence-corrected chi connectivity index (χ2v) is 10.1. The zero-order valence-electron chi connectivity index (χ0n) is 17.9. The van der Waals surface area contributed by atoms with Crippen molar-refractivity contribution in [2.24, 2.45) is 5.10 Å². The van der Waals surface area contributed by atoms with Gasteiger partial charge in [0.05, 0.1) is 22.7 Å². The quantitative estimate of drug-likeness (QED) is 0.339. The van der Waals surface area contributed by atoms with Crippen LogP contribution in [0, 0.1) is 6.92 Å². The molecule has 0 aliphatic carbocycles. The van der Waals surface area contributed by atoms with E-state index < -0.39 is 15.9 Å². The van der Waals surface area contributed by atoms with Gasteiger partial charge in [-0.05, 0) is 43.2 Å². The van der Waals surface area contributed by atoms with E-state index in [-0.39, 0.29) is 18.0 Å². The molecule has 172 valence electrons. The number of carbonyl (C=O) groups is 1. The zero-order valence-corrected chi connectivity index (χ0v) is 20.2. The van der Waals surface area contributed by atoms with Gasteiger partial charge in [-0.1, -0.05) is 77.3 Å². The summed E-state index contributed by atoms with van der Waals surface area (Å²) in [6.07, 6.45) is 1.84. The third-order valence-corrected chi connectivity index (χ3v) is 7.25. The van der Waals surface area contributed by atoms with Crippen LogP contribution in [0.15, 0.2) is 82.8 Å². The maximum atomic E-state index is 13.2. The van der Waals surface area contributed by atoms with E-state index in [9.17, 15) is 13.2 Å². The van der Waals surface area contributed by atoms with Gasteiger partial charge in [-0.15, -0.1) is 0 Å². The molecule has 0 unspecified atom stereocenters. The van der Waals surface area contributed by atoms with Crippen molar-refractivity contribution in [2.45, 2.75) is 18.2 Å². The van der Waals surface area contributed by atoms with E-state index in [1.807, 2.05) is 37.3 Å². The van der Waals surface area contributed by atoms with Crippen molar-refractivity contribution in [1.82, 2.24) is 9.73 Å². The number of hydrogen-bond acceptors (Lipinski definition) is 4. The minimum Gasteiger partial charge on any atom is -0.272 e. The van der Waals surface area contributed by atoms with Crippen LogP contribution in [-0.4, -0.2) is 37.9 Å². The van der Waals surface area contributed by atoms with Gasteiger partial charge in [0.1, 0.15) is 0 Å². The van der Waals surface area contributed by atoms with Gasteiger partial charge in [0.2, 0.25) is 10.0 Å². The van der Waals surface area contributed by atoms with Crippen LogP contribution in [0.5, 0.6) is 0 Å². The molecule has 0 atom stereocenters. The number of hydrazone groups is 1. The summed E-state index contributed by atoms with van der Waals surface area (Å²) in [7, 11) is -3.89. The van der Waals surface area contributed by atoms with Crippen molar-refractivity contribution in [3.8, 4) is 0 Å². The van der Waals surface area contributed by atoms with Crippen molar-refractivity contribution >= 4 is 45.3 Å². The SMILES string of the molecule is Cc1ccc(S(=O)(=O)N(CCc2ccccc2)CC(=O)N/N=C\c2ccc(Cl)cc2Cl)cc1. The fourth-order valence-electron chi connectivity index (χ4n) is 3.02. The lowest BCUT2D eigenvalue weighted by Crippen LogP contribution is -2.40. The molecule has 0 aliphatic heterocycles. The molecule has 6 nitrogen and oxygen atoms in total. The first-order chi connectivity index (χ1) is 15.8. The molecule has 1 N–H and O–H groups in total. The van der Waals surface area contributed by atoms with Gasteiger partial charge in [0, 0.05) is 17.1 Å². The molecule has 9 heteroatoms. The van der Waals surface area contributed by atoms with E-state index >= 15 is 0 Å². The minimum atomic E-state index is -3.89. The number of sulfonamides is 1. The van der Waals surface area contributed by atoms with Crippen molar-refractivity contribution in [3.63, 3.8) is 0 Å². The molecule has 33 heavy (non-hydrogen) atoms. The number of nitrogens with zero attached hydrogens (tertiary/aromatic N) is 2. The number of aryl methyl sites for hydroxylation is 1. The molecular weight excluding hydrogens is 481 g/mol. The minimum absolute atomic E-state index is 0.130. The molecule has 0 heterocycles. The topological polar surface area (TPSA) is 78.8 Å². The molecule has 3 rings (SSSR count). The Bertz CT molecular complexity index is 1230. The first-order valence-corrected chi connectivity index (χ1v) is 12.3. The Morgan fingerprint density at radius 3 is 2.39 bits per heavy atom. The monoisotopic (exact) mass is 503 g/mol. The van der Waals surface area contributed by atoms with E-state index in [1.54, 1.807) is 42.5 Å². The molecule has 0 aliphatic rings. The highest BCUT2D eigenvalue weighted by Crippen LogP contribution is 2.19. The first kappa shape index (κ1) is 24.9. The van der Waals surface area contributed by atoms with Gasteiger partial charge < -0.3 is 0 Å². The summed E-state index contributed by atoms with van der Waals surface area (Å²) in [5.74, 6) is -0.569. The molecule has 0 aromatic heterocycles. The summed E-state index contributed by atoms with van der Waals surface area (Å²) in [6, 6.07) is 20.9. The highest BCUT2D eigenvalue weighted by molar-refractivity contribution is 7.89. The summed E-state index contributed by atoms with van der Waals surface area (Å²) in [4.78, 5) is 12.7. The zero-order chi connectivity index (χ0) is 23.8. The summed E-state index contributed by atoms with van der Waals surface area (Å²) < 4.78 is 27.7. The fraction of sp³-hybridized carbons (Fsp3) is 0.167. The molecule has 3 aromatic carbocycles. The van der Waals surface area contributed by atoms with Gasteiger partial charge in [0.15, 0.2) is 0 Å². The van der Waals surface area contributed by atoms with Crippen LogP contribution in [-0.2, 0) is 21.2 Å². The van der Waals surface area contributed by atoms with Crippen molar-refractivity contribution in [1.29, 1.82) is 0 Å². The summed E-state index contributed by atoms with van der Waals surface area (Å²) in [5, 5.41) is 4.76. The molecule has 0 bridgehead atoms. The lowest BCUT2D eigenvalue weighted by Gasteiger charge is -2.21. The molecule has 0 spiro atoms. The molecule has 1 amide bonds. The molecule has 0 saturated heterocycles. The summed E-state index contributed by atoms with van der Waals surface area (Å²) >= 11 is 12.0. The highest BCUT2D eigenvalue weighted by Gasteiger charge is 2.26. The van der Waals surface area contributed by atoms with Crippen LogP contribution in [0.25, 0.3) is 0 Å². The Hall–Kier alpha value is -2.71. The van der Waals surface area contributed by atoms with Crippen molar-refractivity contribution < 1.29 is 13.2 Å². The van der Waals surface area contributed by atoms with Gasteiger partial charge in [-0.25, -0.2) is 13.8 Å². The molecule has 0 saturated carbocycles. The lowest BCUT2D eigenvalue weighted by atomic mass is 10.1. The predicted molar refractivity (Wildman–Crippen MR) is 132 cm³/mol. The van der Waals surface area contributed by atoms with Gasteiger partial charge in [0.25, 0.3) is 5.91 Å². The standard InChI is InChI=1S/C24H23Cl2N3O3S/c1-18-7-11-22(12-8-18)33(31,32)29(14-13-19-5-3-2-4-6-19)17-24(30)28-27-16-20-9-10-21(25)15-23(20)26/h2-12,15-16H,13-14,17H2,1H3,(H,28,30)/b27-16-. The van der Waals surface area contributed by atoms with Crippen LogP contribution >= 0.6 is 23.2 Å². The van der Waals surface area contributed by atoms with Gasteiger partial charge >= 0.3 is 0 Å². The highest BCUT2D eigenvalue weighted by atomic mass is 35.5. The lowest BCUT2D eigenvalue weighted by molar-refractivity contribution is -0.121. The number of carbonyl (C=O) groups excluding carboxylic acids is 1. The number of hydrogen-bond donors (Lipinski definition) is 1. The molecule has 0 radical (unpaired) electrons. The largest absolute Gasteiger partial charge is 0.272 e. The average Bonchev–Trinajstić information content (AvgIpc) is 2.79. The number of rotatable bonds is 9. The van der Waals surface area contributed by atoms with E-state index in [1.165, 1.54) is 6.21 Å². The van der Waals surface area contributed by atoms with Gasteiger partial charge in [-0.3, -0.25) is 4.79 Å². The molecule has 0 fully saturated rings. The molecule has 3 aromatic rings. The summed E-state index contributed by atoms with van der Waals surface area (Å²) in [6.45, 7) is 1.64. The Balaban J connectivity index is 1.74. The number of amides is 1. The number of halogens is 2. The maximum Gasteiger partial charge on any atom is 0.255 e. The fourth-order valence-corrected chi connectivity index (χ4v) is 4.87. The van der Waals surface area contributed by atoms with Crippen LogP contribution in [0.1, 0.15) is 16.7 Å². The van der Waals surface area contributed by atoms with E-state index in [2.05, 4.69) is 10.5 Å². The van der Waals surface area contributed by atoms with Crippen LogP contribution in [0.2, 0.25) is 10.0 Å². The van der Waals surface area contributed by atoms with E-state index in [0.717, 1.165) is 15.4 Å². The first-order valence-electron chi connectivity index (χ1n) is 10.1. The third kappa shape index (κ3) is 7.14. The average molecular weight is 504 g/mol. The van der Waals surface area contributed by atoms with E-state index in [4.69, 9.17) is 23.2 Å². The van der Waals surface area contributed by atoms with Crippen LogP contribution in [0.3, 0.4) is 0 Å². The Morgan fingerprint density at radius 1 is 1.03 bits per heavy atom. The van der Waals surface area contributed by atoms with Crippen LogP contribution < -0.4 is 5.43 Å². The number of benzene rings is 3. The Labute approximate surface area is 203 Å². The second-order valence-electron chi connectivity index (χ2n) is 7.35. The Morgan fingerprint density at radius 2 is 1.73 bits per heavy atom. The normalized spacial score (nSPS) is 11.8. The third-order valence-electron chi connectivity index (χ3n) is 4.83. The Kier molecular flexibility index (Phi) is 8.63. The summed E-state index contributed by atoms with van der Waals surface area (Å²) in [5.41, 5.74) is 4.84. The van der Waals surface area contributed by atoms with Gasteiger partial charge in [-0.2, -0.15) is 9.41 Å². The van der Waals surface area contributed by atoms with E-state index in [0.29, 0.717) is 22.0 Å². The second kappa shape index (κ2) is 11.4. The number of nitrogens with one attached hydrogen (secondary N) is 1. The predicted octanol–water partition coefficient (Wildman–Crippen LogP) is 4.69. The van der Waals surface area contributed by atoms with Crippen LogP contribution in [0.4, 0.5) is 0 Å². The molecular formula is C24H23Cl2N3O3S. The van der Waals surface area contributed by atoms with Crippen molar-refractivity contribution in [2.75, 3.05) is 13.1 Å². The smallest absolute Gasteiger partial charge is 0.255 e. The van der Waals surface area contributed by atoms with Crippen molar-refractivity contribution in [3.05, 3.63) is 99.5 Å². The maximum absolute atomic E-state index is 13.2.